The first kappa shape index (κ1) is 10.6. The highest BCUT2D eigenvalue weighted by atomic mass is 16.4. The lowest BCUT2D eigenvalue weighted by Gasteiger charge is -2.00. The second-order valence-electron chi connectivity index (χ2n) is 3.95. The van der Waals surface area contributed by atoms with Gasteiger partial charge in [-0.25, -0.2) is 9.78 Å². The third-order valence-corrected chi connectivity index (χ3v) is 2.77. The van der Waals surface area contributed by atoms with E-state index in [0.29, 0.717) is 6.42 Å². The van der Waals surface area contributed by atoms with E-state index in [1.54, 1.807) is 30.8 Å². The van der Waals surface area contributed by atoms with Crippen LogP contribution < -0.4 is 0 Å². The number of furan rings is 1. The summed E-state index contributed by atoms with van der Waals surface area (Å²) in [5.74, 6) is 0.702. The normalized spacial score (nSPS) is 10.9. The number of aromatic nitrogens is 2. The van der Waals surface area contributed by atoms with Crippen LogP contribution in [0.4, 0.5) is 0 Å². The summed E-state index contributed by atoms with van der Waals surface area (Å²) in [6.45, 7) is 0. The minimum absolute atomic E-state index is 0.256. The first-order valence-electron chi connectivity index (χ1n) is 5.46. The monoisotopic (exact) mass is 242 g/mol. The number of fused-ring (bicyclic) bond motifs is 1. The number of carboxylic acids is 1. The zero-order valence-corrected chi connectivity index (χ0v) is 9.41. The van der Waals surface area contributed by atoms with Crippen molar-refractivity contribution in [3.8, 4) is 0 Å². The average molecular weight is 242 g/mol. The van der Waals surface area contributed by atoms with Gasteiger partial charge in [-0.15, -0.1) is 0 Å². The average Bonchev–Trinajstić information content (AvgIpc) is 2.99. The standard InChI is InChI=1S/C13H10N2O3/c16-13(17)9-3-4-15-10(6-9)8-14-12(15)7-11-2-1-5-18-11/h1-6,8H,7H2,(H,16,17). The summed E-state index contributed by atoms with van der Waals surface area (Å²) < 4.78 is 7.13. The lowest BCUT2D eigenvalue weighted by atomic mass is 10.2. The summed E-state index contributed by atoms with van der Waals surface area (Å²) in [6, 6.07) is 6.87. The van der Waals surface area contributed by atoms with Gasteiger partial charge in [0.1, 0.15) is 11.6 Å². The molecule has 5 nitrogen and oxygen atoms in total. The molecule has 0 fully saturated rings. The van der Waals surface area contributed by atoms with Crippen LogP contribution in [0.25, 0.3) is 5.52 Å². The second kappa shape index (κ2) is 4.03. The number of rotatable bonds is 3. The Kier molecular flexibility index (Phi) is 2.37. The van der Waals surface area contributed by atoms with E-state index >= 15 is 0 Å². The second-order valence-corrected chi connectivity index (χ2v) is 3.95. The number of imidazole rings is 1. The zero-order valence-electron chi connectivity index (χ0n) is 9.41. The Hall–Kier alpha value is -2.56. The molecule has 0 spiro atoms. The maximum atomic E-state index is 10.9. The number of carboxylic acid groups (broad SMARTS) is 1. The number of pyridine rings is 1. The van der Waals surface area contributed by atoms with Crippen molar-refractivity contribution < 1.29 is 14.3 Å². The van der Waals surface area contributed by atoms with Gasteiger partial charge in [0.2, 0.25) is 0 Å². The van der Waals surface area contributed by atoms with Crippen LogP contribution in [-0.2, 0) is 6.42 Å². The van der Waals surface area contributed by atoms with Crippen molar-refractivity contribution in [2.24, 2.45) is 0 Å². The lowest BCUT2D eigenvalue weighted by molar-refractivity contribution is 0.0697. The highest BCUT2D eigenvalue weighted by Gasteiger charge is 2.09. The summed E-state index contributed by atoms with van der Waals surface area (Å²) in [6.07, 6.45) is 5.57. The molecule has 0 radical (unpaired) electrons. The van der Waals surface area contributed by atoms with Crippen LogP contribution in [0.3, 0.4) is 0 Å². The molecule has 0 saturated heterocycles. The fourth-order valence-electron chi connectivity index (χ4n) is 1.89. The van der Waals surface area contributed by atoms with Crippen LogP contribution >= 0.6 is 0 Å². The first-order chi connectivity index (χ1) is 8.74. The van der Waals surface area contributed by atoms with Gasteiger partial charge in [-0.2, -0.15) is 0 Å². The third-order valence-electron chi connectivity index (χ3n) is 2.77. The molecular formula is C13H10N2O3. The van der Waals surface area contributed by atoms with Crippen LogP contribution in [0.1, 0.15) is 21.9 Å². The van der Waals surface area contributed by atoms with Gasteiger partial charge < -0.3 is 13.9 Å². The van der Waals surface area contributed by atoms with Crippen molar-refractivity contribution in [2.45, 2.75) is 6.42 Å². The molecule has 5 heteroatoms. The molecule has 0 aliphatic heterocycles. The smallest absolute Gasteiger partial charge is 0.335 e. The summed E-state index contributed by atoms with van der Waals surface area (Å²) >= 11 is 0. The summed E-state index contributed by atoms with van der Waals surface area (Å²) in [5, 5.41) is 8.91. The SMILES string of the molecule is O=C(O)c1ccn2c(Cc3ccco3)ncc2c1. The lowest BCUT2D eigenvalue weighted by Crippen LogP contribution is -1.99. The number of nitrogens with zero attached hydrogens (tertiary/aromatic N) is 2. The van der Waals surface area contributed by atoms with Gasteiger partial charge in [-0.1, -0.05) is 0 Å². The van der Waals surface area contributed by atoms with E-state index in [2.05, 4.69) is 4.98 Å². The molecule has 18 heavy (non-hydrogen) atoms. The molecule has 1 N–H and O–H groups in total. The minimum atomic E-state index is -0.939. The Bertz CT molecular complexity index is 698. The number of hydrogen-bond donors (Lipinski definition) is 1. The van der Waals surface area contributed by atoms with Crippen LogP contribution in [0.2, 0.25) is 0 Å². The van der Waals surface area contributed by atoms with E-state index < -0.39 is 5.97 Å². The molecule has 0 aliphatic carbocycles. The molecule has 0 aliphatic rings. The number of aromatic carboxylic acids is 1. The first-order valence-corrected chi connectivity index (χ1v) is 5.46. The highest BCUT2D eigenvalue weighted by molar-refractivity contribution is 5.88. The van der Waals surface area contributed by atoms with Gasteiger partial charge in [-0.3, -0.25) is 0 Å². The zero-order chi connectivity index (χ0) is 12.5. The number of carbonyl (C=O) groups is 1. The van der Waals surface area contributed by atoms with Crippen molar-refractivity contribution in [2.75, 3.05) is 0 Å². The molecule has 0 aromatic carbocycles. The van der Waals surface area contributed by atoms with Gasteiger partial charge in [0.25, 0.3) is 0 Å². The number of hydrogen-bond acceptors (Lipinski definition) is 3. The van der Waals surface area contributed by atoms with Gasteiger partial charge in [0.05, 0.1) is 30.0 Å². The molecule has 3 heterocycles. The van der Waals surface area contributed by atoms with E-state index in [9.17, 15) is 4.79 Å². The summed E-state index contributed by atoms with van der Waals surface area (Å²) in [4.78, 5) is 15.1. The Labute approximate surface area is 102 Å². The maximum absolute atomic E-state index is 10.9. The van der Waals surface area contributed by atoms with Crippen molar-refractivity contribution >= 4 is 11.5 Å². The molecule has 90 valence electrons. The Balaban J connectivity index is 2.02. The van der Waals surface area contributed by atoms with Gasteiger partial charge >= 0.3 is 5.97 Å². The molecule has 0 bridgehead atoms. The quantitative estimate of drug-likeness (QED) is 0.764. The van der Waals surface area contributed by atoms with Crippen molar-refractivity contribution in [1.29, 1.82) is 0 Å². The van der Waals surface area contributed by atoms with Crippen molar-refractivity contribution in [3.05, 3.63) is 60.1 Å². The maximum Gasteiger partial charge on any atom is 0.335 e. The molecular weight excluding hydrogens is 232 g/mol. The van der Waals surface area contributed by atoms with Gasteiger partial charge in [-0.05, 0) is 24.3 Å². The van der Waals surface area contributed by atoms with E-state index in [1.807, 2.05) is 16.5 Å². The largest absolute Gasteiger partial charge is 0.478 e. The predicted molar refractivity (Wildman–Crippen MR) is 63.7 cm³/mol. The fraction of sp³-hybridized carbons (Fsp3) is 0.0769. The van der Waals surface area contributed by atoms with E-state index in [0.717, 1.165) is 17.1 Å². The fourth-order valence-corrected chi connectivity index (χ4v) is 1.89. The molecule has 3 aromatic heterocycles. The van der Waals surface area contributed by atoms with Gasteiger partial charge in [0, 0.05) is 6.20 Å². The van der Waals surface area contributed by atoms with E-state index in [4.69, 9.17) is 9.52 Å². The summed E-state index contributed by atoms with van der Waals surface area (Å²) in [7, 11) is 0. The Morgan fingerprint density at radius 1 is 1.44 bits per heavy atom. The summed E-state index contributed by atoms with van der Waals surface area (Å²) in [5.41, 5.74) is 1.02. The van der Waals surface area contributed by atoms with E-state index in [1.165, 1.54) is 0 Å². The molecule has 3 rings (SSSR count). The molecule has 0 atom stereocenters. The van der Waals surface area contributed by atoms with Gasteiger partial charge in [0.15, 0.2) is 0 Å². The molecule has 0 amide bonds. The van der Waals surface area contributed by atoms with Crippen LogP contribution in [-0.4, -0.2) is 20.5 Å². The topological polar surface area (TPSA) is 67.7 Å². The minimum Gasteiger partial charge on any atom is -0.478 e. The molecule has 0 saturated carbocycles. The van der Waals surface area contributed by atoms with Crippen molar-refractivity contribution in [3.63, 3.8) is 0 Å². The van der Waals surface area contributed by atoms with Crippen LogP contribution in [0, 0.1) is 0 Å². The molecule has 3 aromatic rings. The Morgan fingerprint density at radius 2 is 2.33 bits per heavy atom. The highest BCUT2D eigenvalue weighted by Crippen LogP contribution is 2.13. The predicted octanol–water partition coefficient (Wildman–Crippen LogP) is 2.22. The Morgan fingerprint density at radius 3 is 3.06 bits per heavy atom. The van der Waals surface area contributed by atoms with Crippen LogP contribution in [0.5, 0.6) is 0 Å². The van der Waals surface area contributed by atoms with Crippen LogP contribution in [0.15, 0.2) is 47.3 Å². The van der Waals surface area contributed by atoms with Crippen molar-refractivity contribution in [1.82, 2.24) is 9.38 Å². The van der Waals surface area contributed by atoms with E-state index in [-0.39, 0.29) is 5.56 Å². The molecule has 0 unspecified atom stereocenters. The third kappa shape index (κ3) is 1.75.